The molecule has 0 N–H and O–H groups in total. The molecule has 226 valence electrons. The van der Waals surface area contributed by atoms with Crippen molar-refractivity contribution in [3.05, 3.63) is 82.2 Å². The minimum absolute atomic E-state index is 0.0479. The number of hydrogen-bond donors (Lipinski definition) is 0. The predicted molar refractivity (Wildman–Crippen MR) is 170 cm³/mol. The zero-order chi connectivity index (χ0) is 31.3. The van der Waals surface area contributed by atoms with Gasteiger partial charge in [0.25, 0.3) is 0 Å². The maximum atomic E-state index is 15.3. The second-order valence-electron chi connectivity index (χ2n) is 14.8. The third-order valence-corrected chi connectivity index (χ3v) is 10.5. The van der Waals surface area contributed by atoms with Crippen LogP contribution < -0.4 is 0 Å². The van der Waals surface area contributed by atoms with Gasteiger partial charge in [-0.05, 0) is 98.8 Å². The molecule has 2 aliphatic carbocycles. The fraction of sp³-hybridized carbons (Fsp3) is 0.553. The average molecular weight is 571 g/mol. The van der Waals surface area contributed by atoms with E-state index in [0.29, 0.717) is 24.2 Å². The van der Waals surface area contributed by atoms with E-state index >= 15 is 9.59 Å². The van der Waals surface area contributed by atoms with E-state index in [1.165, 1.54) is 11.1 Å². The van der Waals surface area contributed by atoms with E-state index in [4.69, 9.17) is 4.74 Å². The van der Waals surface area contributed by atoms with E-state index in [1.807, 2.05) is 52.0 Å². The standard InChI is InChI=1S/C38H50O4/c1-24(2)16-18-28-22-37-23-29(19-17-25(3)4)36(9,10)42-33(37)30(31(39)27-14-12-11-13-15-27)32(40)38(34(37)41,35(28,7)8)21-20-26(5)6/h11-17,20,28-29H,18-19,21-23H2,1-10H3. The van der Waals surface area contributed by atoms with Crippen molar-refractivity contribution in [2.45, 2.75) is 107 Å². The van der Waals surface area contributed by atoms with Gasteiger partial charge in [0.05, 0.1) is 5.41 Å². The molecule has 4 atom stereocenters. The summed E-state index contributed by atoms with van der Waals surface area (Å²) in [6.07, 6.45) is 9.44. The fourth-order valence-electron chi connectivity index (χ4n) is 7.64. The fourth-order valence-corrected chi connectivity index (χ4v) is 7.64. The Kier molecular flexibility index (Phi) is 8.54. The number of carbonyl (C=O) groups excluding carboxylic acids is 3. The highest BCUT2D eigenvalue weighted by molar-refractivity contribution is 6.35. The number of ether oxygens (including phenoxy) is 1. The number of allylic oxidation sites excluding steroid dienone is 8. The molecule has 1 saturated heterocycles. The maximum Gasteiger partial charge on any atom is 0.200 e. The first-order valence-electron chi connectivity index (χ1n) is 15.5. The van der Waals surface area contributed by atoms with E-state index in [2.05, 4.69) is 53.7 Å². The van der Waals surface area contributed by atoms with E-state index in [0.717, 1.165) is 18.4 Å². The second-order valence-corrected chi connectivity index (χ2v) is 14.8. The summed E-state index contributed by atoms with van der Waals surface area (Å²) in [6.45, 7) is 20.6. The first-order chi connectivity index (χ1) is 19.5. The molecular weight excluding hydrogens is 520 g/mol. The van der Waals surface area contributed by atoms with Gasteiger partial charge >= 0.3 is 0 Å². The van der Waals surface area contributed by atoms with Gasteiger partial charge in [0.2, 0.25) is 0 Å². The summed E-state index contributed by atoms with van der Waals surface area (Å²) in [4.78, 5) is 44.8. The van der Waals surface area contributed by atoms with E-state index in [9.17, 15) is 4.79 Å². The number of benzene rings is 1. The SMILES string of the molecule is CC(C)=CCC1CC23CC(CC=C(C)C)C(C)(C)C(CC=C(C)C)(C(=O)C(C(=O)c4ccccc4)=C2OC1(C)C)C3=O. The van der Waals surface area contributed by atoms with Gasteiger partial charge in [-0.25, -0.2) is 0 Å². The molecule has 42 heavy (non-hydrogen) atoms. The maximum absolute atomic E-state index is 15.3. The van der Waals surface area contributed by atoms with Crippen LogP contribution in [0.3, 0.4) is 0 Å². The van der Waals surface area contributed by atoms with Crippen LogP contribution in [0.1, 0.15) is 112 Å². The van der Waals surface area contributed by atoms with Gasteiger partial charge in [-0.3, -0.25) is 14.4 Å². The lowest BCUT2D eigenvalue weighted by molar-refractivity contribution is -0.188. The summed E-state index contributed by atoms with van der Waals surface area (Å²) >= 11 is 0. The summed E-state index contributed by atoms with van der Waals surface area (Å²) in [6, 6.07) is 8.98. The van der Waals surface area contributed by atoms with Crippen LogP contribution in [0.2, 0.25) is 0 Å². The first kappa shape index (κ1) is 31.9. The van der Waals surface area contributed by atoms with Crippen LogP contribution >= 0.6 is 0 Å². The van der Waals surface area contributed by atoms with Crippen molar-refractivity contribution in [2.24, 2.45) is 28.1 Å². The Morgan fingerprint density at radius 1 is 0.810 bits per heavy atom. The summed E-state index contributed by atoms with van der Waals surface area (Å²) < 4.78 is 6.86. The normalized spacial score (nSPS) is 29.2. The molecule has 1 heterocycles. The topological polar surface area (TPSA) is 60.4 Å². The van der Waals surface area contributed by atoms with Crippen molar-refractivity contribution >= 4 is 17.3 Å². The van der Waals surface area contributed by atoms with Crippen LogP contribution in [0.4, 0.5) is 0 Å². The summed E-state index contributed by atoms with van der Waals surface area (Å²) in [5.41, 5.74) is 0.289. The highest BCUT2D eigenvalue weighted by atomic mass is 16.5. The van der Waals surface area contributed by atoms with E-state index in [1.54, 1.807) is 12.1 Å². The van der Waals surface area contributed by atoms with Crippen molar-refractivity contribution in [1.82, 2.24) is 0 Å². The molecule has 0 aromatic heterocycles. The van der Waals surface area contributed by atoms with Gasteiger partial charge in [0.15, 0.2) is 17.3 Å². The second kappa shape index (κ2) is 11.2. The monoisotopic (exact) mass is 570 g/mol. The van der Waals surface area contributed by atoms with Crippen LogP contribution in [0.25, 0.3) is 0 Å². The third-order valence-electron chi connectivity index (χ3n) is 10.5. The van der Waals surface area contributed by atoms with Gasteiger partial charge in [-0.1, -0.05) is 79.1 Å². The lowest BCUT2D eigenvalue weighted by Crippen LogP contribution is -2.69. The van der Waals surface area contributed by atoms with Gasteiger partial charge in [-0.15, -0.1) is 0 Å². The molecule has 0 amide bonds. The molecule has 2 bridgehead atoms. The minimum atomic E-state index is -1.36. The summed E-state index contributed by atoms with van der Waals surface area (Å²) in [5.74, 6) is -0.325. The zero-order valence-electron chi connectivity index (χ0n) is 27.4. The molecule has 1 saturated carbocycles. The number of carbonyl (C=O) groups is 3. The van der Waals surface area contributed by atoms with Gasteiger partial charge in [-0.2, -0.15) is 0 Å². The molecule has 4 rings (SSSR count). The van der Waals surface area contributed by atoms with Crippen LogP contribution in [-0.4, -0.2) is 23.0 Å². The Balaban J connectivity index is 2.08. The van der Waals surface area contributed by atoms with Crippen LogP contribution in [0, 0.1) is 28.1 Å². The molecule has 4 heteroatoms. The van der Waals surface area contributed by atoms with Crippen LogP contribution in [-0.2, 0) is 14.3 Å². The molecule has 4 nitrogen and oxygen atoms in total. The molecule has 3 aliphatic rings. The highest BCUT2D eigenvalue weighted by Gasteiger charge is 2.74. The average Bonchev–Trinajstić information content (AvgIpc) is 2.90. The van der Waals surface area contributed by atoms with Gasteiger partial charge in [0, 0.05) is 11.5 Å². The molecule has 4 unspecified atom stereocenters. The lowest BCUT2D eigenvalue weighted by Gasteiger charge is -2.64. The smallest absolute Gasteiger partial charge is 0.200 e. The Labute approximate surface area is 253 Å². The summed E-state index contributed by atoms with van der Waals surface area (Å²) in [7, 11) is 0. The minimum Gasteiger partial charge on any atom is -0.490 e. The Bertz CT molecular complexity index is 1380. The van der Waals surface area contributed by atoms with Gasteiger partial charge in [0.1, 0.15) is 22.3 Å². The zero-order valence-corrected chi connectivity index (χ0v) is 27.4. The number of rotatable bonds is 8. The van der Waals surface area contributed by atoms with Gasteiger partial charge < -0.3 is 4.74 Å². The molecule has 0 radical (unpaired) electrons. The molecule has 1 spiro atoms. The largest absolute Gasteiger partial charge is 0.490 e. The van der Waals surface area contributed by atoms with E-state index in [-0.39, 0.29) is 41.2 Å². The van der Waals surface area contributed by atoms with Crippen LogP contribution in [0.15, 0.2) is 76.6 Å². The van der Waals surface area contributed by atoms with Crippen molar-refractivity contribution < 1.29 is 19.1 Å². The molecule has 1 aromatic rings. The number of Topliss-reactive ketones (excluding diaryl/α,β-unsaturated/α-hetero) is 3. The summed E-state index contributed by atoms with van der Waals surface area (Å²) in [5, 5.41) is 0. The number of fused-ring (bicyclic) bond motifs is 1. The van der Waals surface area contributed by atoms with Crippen molar-refractivity contribution in [3.8, 4) is 0 Å². The molecule has 1 aromatic carbocycles. The molecule has 2 fully saturated rings. The Morgan fingerprint density at radius 2 is 1.33 bits per heavy atom. The quantitative estimate of drug-likeness (QED) is 0.135. The van der Waals surface area contributed by atoms with E-state index < -0.39 is 21.8 Å². The Morgan fingerprint density at radius 3 is 1.88 bits per heavy atom. The first-order valence-corrected chi connectivity index (χ1v) is 15.5. The Hall–Kier alpha value is -3.01. The lowest BCUT2D eigenvalue weighted by atomic mass is 9.39. The third kappa shape index (κ3) is 5.09. The van der Waals surface area contributed by atoms with Crippen molar-refractivity contribution in [3.63, 3.8) is 0 Å². The molecular formula is C38H50O4. The molecule has 1 aliphatic heterocycles. The van der Waals surface area contributed by atoms with Crippen LogP contribution in [0.5, 0.6) is 0 Å². The predicted octanol–water partition coefficient (Wildman–Crippen LogP) is 9.18. The van der Waals surface area contributed by atoms with Crippen molar-refractivity contribution in [2.75, 3.05) is 0 Å². The number of ketones is 3. The number of hydrogen-bond acceptors (Lipinski definition) is 4. The van der Waals surface area contributed by atoms with Crippen molar-refractivity contribution in [1.29, 1.82) is 0 Å². The highest BCUT2D eigenvalue weighted by Crippen LogP contribution is 2.69.